The second-order valence-electron chi connectivity index (χ2n) is 3.48. The molecule has 16 heavy (non-hydrogen) atoms. The molecule has 1 aliphatic rings. The fourth-order valence-electron chi connectivity index (χ4n) is 1.17. The van der Waals surface area contributed by atoms with Crippen molar-refractivity contribution >= 4 is 31.9 Å². The summed E-state index contributed by atoms with van der Waals surface area (Å²) in [7, 11) is 0. The third kappa shape index (κ3) is 11.3. The molecule has 98 valence electrons. The van der Waals surface area contributed by atoms with E-state index in [1.165, 1.54) is 12.8 Å². The first kappa shape index (κ1) is 16.8. The van der Waals surface area contributed by atoms with Gasteiger partial charge in [0.05, 0.1) is 6.61 Å². The highest BCUT2D eigenvalue weighted by atomic mass is 79.9. The number of hydrogen-bond donors (Lipinski definition) is 1. The standard InChI is InChI=1S/C8H15BrO2.C3H7BrO/c9-5-3-7-11-8-4-1-2-6-10-8;4-2-1-3-5/h8H,1-7H2;5H,1-3H2. The molecule has 0 spiro atoms. The van der Waals surface area contributed by atoms with Crippen LogP contribution in [0.25, 0.3) is 0 Å². The molecule has 0 saturated carbocycles. The molecule has 1 unspecified atom stereocenters. The van der Waals surface area contributed by atoms with E-state index >= 15 is 0 Å². The molecule has 5 heteroatoms. The fourth-order valence-corrected chi connectivity index (χ4v) is 1.65. The largest absolute Gasteiger partial charge is 0.396 e. The zero-order valence-corrected chi connectivity index (χ0v) is 12.8. The lowest BCUT2D eigenvalue weighted by Crippen LogP contribution is -2.22. The molecule has 1 fully saturated rings. The Morgan fingerprint density at radius 1 is 1.19 bits per heavy atom. The summed E-state index contributed by atoms with van der Waals surface area (Å²) in [6.45, 7) is 1.99. The van der Waals surface area contributed by atoms with E-state index in [1.54, 1.807) is 0 Å². The summed E-state index contributed by atoms with van der Waals surface area (Å²) in [5.41, 5.74) is 0. The molecule has 1 heterocycles. The Bertz CT molecular complexity index is 128. The number of halogens is 2. The third-order valence-electron chi connectivity index (χ3n) is 2.01. The molecular weight excluding hydrogens is 340 g/mol. The Labute approximate surface area is 115 Å². The van der Waals surface area contributed by atoms with Gasteiger partial charge in [0.25, 0.3) is 0 Å². The molecule has 0 amide bonds. The predicted molar refractivity (Wildman–Crippen MR) is 73.5 cm³/mol. The van der Waals surface area contributed by atoms with E-state index in [0.29, 0.717) is 6.61 Å². The van der Waals surface area contributed by atoms with Crippen molar-refractivity contribution in [3.63, 3.8) is 0 Å². The molecule has 0 bridgehead atoms. The molecule has 0 aromatic rings. The van der Waals surface area contributed by atoms with Crippen molar-refractivity contribution in [2.75, 3.05) is 30.5 Å². The van der Waals surface area contributed by atoms with Gasteiger partial charge in [-0.3, -0.25) is 0 Å². The second kappa shape index (κ2) is 13.9. The van der Waals surface area contributed by atoms with Crippen LogP contribution in [0.2, 0.25) is 0 Å². The minimum atomic E-state index is 0.0859. The normalized spacial score (nSPS) is 20.1. The number of aliphatic hydroxyl groups is 1. The molecule has 0 aromatic heterocycles. The summed E-state index contributed by atoms with van der Waals surface area (Å²) in [6, 6.07) is 0. The molecule has 0 radical (unpaired) electrons. The Kier molecular flexibility index (Phi) is 14.6. The van der Waals surface area contributed by atoms with Crippen LogP contribution in [0.15, 0.2) is 0 Å². The van der Waals surface area contributed by atoms with Crippen molar-refractivity contribution in [2.24, 2.45) is 0 Å². The highest BCUT2D eigenvalue weighted by molar-refractivity contribution is 9.09. The zero-order valence-electron chi connectivity index (χ0n) is 9.67. The molecular formula is C11H22Br2O3. The highest BCUT2D eigenvalue weighted by Gasteiger charge is 2.12. The van der Waals surface area contributed by atoms with Crippen LogP contribution >= 0.6 is 31.9 Å². The van der Waals surface area contributed by atoms with Gasteiger partial charge in [0, 0.05) is 23.9 Å². The van der Waals surface area contributed by atoms with Crippen LogP contribution in [0.5, 0.6) is 0 Å². The average Bonchev–Trinajstić information content (AvgIpc) is 2.33. The van der Waals surface area contributed by atoms with Gasteiger partial charge in [-0.1, -0.05) is 31.9 Å². The van der Waals surface area contributed by atoms with Crippen LogP contribution in [-0.2, 0) is 9.47 Å². The van der Waals surface area contributed by atoms with Crippen molar-refractivity contribution in [2.45, 2.75) is 38.4 Å². The van der Waals surface area contributed by atoms with E-state index < -0.39 is 0 Å². The summed E-state index contributed by atoms with van der Waals surface area (Å²) in [5.74, 6) is 0. The lowest BCUT2D eigenvalue weighted by molar-refractivity contribution is -0.161. The first-order valence-electron chi connectivity index (χ1n) is 5.81. The summed E-state index contributed by atoms with van der Waals surface area (Å²) in [6.07, 6.45) is 5.53. The number of rotatable bonds is 6. The fraction of sp³-hybridized carbons (Fsp3) is 1.00. The Balaban J connectivity index is 0.000000385. The van der Waals surface area contributed by atoms with E-state index in [9.17, 15) is 0 Å². The number of hydrogen-bond acceptors (Lipinski definition) is 3. The van der Waals surface area contributed by atoms with Gasteiger partial charge in [-0.2, -0.15) is 0 Å². The summed E-state index contributed by atoms with van der Waals surface area (Å²) < 4.78 is 10.9. The molecule has 1 rings (SSSR count). The first-order chi connectivity index (χ1) is 7.85. The SMILES string of the molecule is BrCCCOC1CCCCO1.OCCCBr. The number of aliphatic hydroxyl groups excluding tert-OH is 1. The first-order valence-corrected chi connectivity index (χ1v) is 8.05. The smallest absolute Gasteiger partial charge is 0.157 e. The van der Waals surface area contributed by atoms with Crippen LogP contribution in [-0.4, -0.2) is 41.9 Å². The van der Waals surface area contributed by atoms with Crippen LogP contribution in [0.1, 0.15) is 32.1 Å². The van der Waals surface area contributed by atoms with Crippen molar-refractivity contribution in [3.05, 3.63) is 0 Å². The quantitative estimate of drug-likeness (QED) is 0.583. The molecule has 3 nitrogen and oxygen atoms in total. The van der Waals surface area contributed by atoms with Gasteiger partial charge in [0.1, 0.15) is 0 Å². The van der Waals surface area contributed by atoms with E-state index in [0.717, 1.165) is 43.1 Å². The van der Waals surface area contributed by atoms with Crippen LogP contribution in [0, 0.1) is 0 Å². The minimum Gasteiger partial charge on any atom is -0.396 e. The molecule has 0 aromatic carbocycles. The summed E-state index contributed by atoms with van der Waals surface area (Å²) in [5, 5.41) is 9.96. The summed E-state index contributed by atoms with van der Waals surface area (Å²) >= 11 is 6.50. The van der Waals surface area contributed by atoms with Gasteiger partial charge >= 0.3 is 0 Å². The lowest BCUT2D eigenvalue weighted by atomic mass is 10.2. The van der Waals surface area contributed by atoms with E-state index in [1.807, 2.05) is 0 Å². The van der Waals surface area contributed by atoms with E-state index in [2.05, 4.69) is 31.9 Å². The number of ether oxygens (including phenoxy) is 2. The maximum absolute atomic E-state index is 8.04. The Morgan fingerprint density at radius 3 is 2.38 bits per heavy atom. The molecule has 1 N–H and O–H groups in total. The van der Waals surface area contributed by atoms with Gasteiger partial charge in [0.15, 0.2) is 6.29 Å². The van der Waals surface area contributed by atoms with Crippen molar-refractivity contribution in [1.82, 2.24) is 0 Å². The van der Waals surface area contributed by atoms with Crippen LogP contribution in [0.4, 0.5) is 0 Å². The minimum absolute atomic E-state index is 0.0859. The third-order valence-corrected chi connectivity index (χ3v) is 3.13. The molecule has 1 saturated heterocycles. The van der Waals surface area contributed by atoms with Gasteiger partial charge in [-0.15, -0.1) is 0 Å². The van der Waals surface area contributed by atoms with Gasteiger partial charge < -0.3 is 14.6 Å². The highest BCUT2D eigenvalue weighted by Crippen LogP contribution is 2.13. The van der Waals surface area contributed by atoms with Gasteiger partial charge in [0.2, 0.25) is 0 Å². The summed E-state index contributed by atoms with van der Waals surface area (Å²) in [4.78, 5) is 0. The van der Waals surface area contributed by atoms with Crippen LogP contribution in [0.3, 0.4) is 0 Å². The molecule has 0 aliphatic carbocycles. The average molecular weight is 362 g/mol. The Morgan fingerprint density at radius 2 is 1.94 bits per heavy atom. The van der Waals surface area contributed by atoms with Crippen molar-refractivity contribution in [3.8, 4) is 0 Å². The molecule has 1 aliphatic heterocycles. The number of alkyl halides is 2. The maximum Gasteiger partial charge on any atom is 0.157 e. The lowest BCUT2D eigenvalue weighted by Gasteiger charge is -2.22. The van der Waals surface area contributed by atoms with E-state index in [4.69, 9.17) is 14.6 Å². The second-order valence-corrected chi connectivity index (χ2v) is 5.06. The van der Waals surface area contributed by atoms with Crippen molar-refractivity contribution < 1.29 is 14.6 Å². The topological polar surface area (TPSA) is 38.7 Å². The van der Waals surface area contributed by atoms with Crippen molar-refractivity contribution in [1.29, 1.82) is 0 Å². The molecule has 1 atom stereocenters. The van der Waals surface area contributed by atoms with Gasteiger partial charge in [-0.05, 0) is 32.1 Å². The Hall–Kier alpha value is 0.840. The monoisotopic (exact) mass is 360 g/mol. The maximum atomic E-state index is 8.04. The van der Waals surface area contributed by atoms with Gasteiger partial charge in [-0.25, -0.2) is 0 Å². The predicted octanol–water partition coefficient (Wildman–Crippen LogP) is 3.08. The zero-order chi connectivity index (χ0) is 12.1. The van der Waals surface area contributed by atoms with Crippen LogP contribution < -0.4 is 0 Å². The van der Waals surface area contributed by atoms with E-state index in [-0.39, 0.29) is 6.29 Å².